The van der Waals surface area contributed by atoms with Crippen molar-refractivity contribution < 1.29 is 23.1 Å². The molecule has 0 aliphatic heterocycles. The van der Waals surface area contributed by atoms with Crippen molar-refractivity contribution in [1.82, 2.24) is 10.3 Å². The van der Waals surface area contributed by atoms with Crippen LogP contribution in [0.1, 0.15) is 16.1 Å². The third kappa shape index (κ3) is 4.32. The second-order valence-corrected chi connectivity index (χ2v) is 5.33. The summed E-state index contributed by atoms with van der Waals surface area (Å²) in [6, 6.07) is 14.8. The Balaban J connectivity index is 1.48. The zero-order chi connectivity index (χ0) is 18.4. The van der Waals surface area contributed by atoms with Crippen LogP contribution in [0.4, 0.5) is 4.39 Å². The summed E-state index contributed by atoms with van der Waals surface area (Å²) in [4.78, 5) is 27.8. The van der Waals surface area contributed by atoms with Crippen molar-refractivity contribution in [2.24, 2.45) is 0 Å². The molecule has 0 saturated heterocycles. The van der Waals surface area contributed by atoms with Crippen LogP contribution < -0.4 is 5.32 Å². The van der Waals surface area contributed by atoms with Crippen LogP contribution in [-0.2, 0) is 16.1 Å². The number of rotatable bonds is 6. The third-order valence-corrected chi connectivity index (χ3v) is 3.47. The van der Waals surface area contributed by atoms with Gasteiger partial charge < -0.3 is 14.5 Å². The number of oxazole rings is 1. The van der Waals surface area contributed by atoms with Crippen LogP contribution in [0.15, 0.2) is 65.3 Å². The normalized spacial score (nSPS) is 10.3. The summed E-state index contributed by atoms with van der Waals surface area (Å²) in [6.07, 6.45) is 1.40. The minimum Gasteiger partial charge on any atom is -0.458 e. The number of amides is 1. The van der Waals surface area contributed by atoms with Crippen molar-refractivity contribution in [2.75, 3.05) is 6.54 Å². The maximum atomic E-state index is 13.5. The van der Waals surface area contributed by atoms with E-state index >= 15 is 0 Å². The topological polar surface area (TPSA) is 81.4 Å². The van der Waals surface area contributed by atoms with E-state index in [0.29, 0.717) is 11.6 Å². The van der Waals surface area contributed by atoms with Crippen LogP contribution in [0.3, 0.4) is 0 Å². The Kier molecular flexibility index (Phi) is 5.38. The van der Waals surface area contributed by atoms with Crippen molar-refractivity contribution >= 4 is 11.9 Å². The monoisotopic (exact) mass is 354 g/mol. The van der Waals surface area contributed by atoms with E-state index in [1.165, 1.54) is 30.5 Å². The SMILES string of the molecule is O=C(CNC(=O)c1ccccc1F)OCc1coc(-c2ccccc2)n1. The number of nitrogens with one attached hydrogen (secondary N) is 1. The summed E-state index contributed by atoms with van der Waals surface area (Å²) >= 11 is 0. The fraction of sp³-hybridized carbons (Fsp3) is 0.105. The van der Waals surface area contributed by atoms with E-state index in [1.807, 2.05) is 30.3 Å². The Morgan fingerprint density at radius 3 is 2.58 bits per heavy atom. The van der Waals surface area contributed by atoms with Crippen LogP contribution in [0.5, 0.6) is 0 Å². The minimum atomic E-state index is -0.687. The van der Waals surface area contributed by atoms with Gasteiger partial charge in [-0.15, -0.1) is 0 Å². The summed E-state index contributed by atoms with van der Waals surface area (Å²) in [5, 5.41) is 2.31. The minimum absolute atomic E-state index is 0.0925. The number of nitrogens with zero attached hydrogens (tertiary/aromatic N) is 1. The number of esters is 1. The average Bonchev–Trinajstić information content (AvgIpc) is 3.14. The molecule has 1 amide bonds. The number of ether oxygens (including phenoxy) is 1. The molecule has 1 heterocycles. The molecule has 0 radical (unpaired) electrons. The summed E-state index contributed by atoms with van der Waals surface area (Å²) in [6.45, 7) is -0.471. The van der Waals surface area contributed by atoms with Gasteiger partial charge in [0, 0.05) is 5.56 Å². The Morgan fingerprint density at radius 1 is 1.08 bits per heavy atom. The fourth-order valence-corrected chi connectivity index (χ4v) is 2.19. The first-order valence-electron chi connectivity index (χ1n) is 7.81. The quantitative estimate of drug-likeness (QED) is 0.688. The third-order valence-electron chi connectivity index (χ3n) is 3.47. The zero-order valence-electron chi connectivity index (χ0n) is 13.6. The molecule has 0 aliphatic carbocycles. The molecule has 3 rings (SSSR count). The van der Waals surface area contributed by atoms with Gasteiger partial charge in [-0.05, 0) is 24.3 Å². The molecule has 0 atom stereocenters. The lowest BCUT2D eigenvalue weighted by Crippen LogP contribution is -2.31. The summed E-state index contributed by atoms with van der Waals surface area (Å²) in [7, 11) is 0. The summed E-state index contributed by atoms with van der Waals surface area (Å²) in [5.41, 5.74) is 1.11. The van der Waals surface area contributed by atoms with E-state index in [9.17, 15) is 14.0 Å². The van der Waals surface area contributed by atoms with Gasteiger partial charge in [0.1, 0.15) is 30.9 Å². The first-order chi connectivity index (χ1) is 12.6. The molecule has 132 valence electrons. The van der Waals surface area contributed by atoms with Crippen LogP contribution in [-0.4, -0.2) is 23.4 Å². The van der Waals surface area contributed by atoms with Crippen molar-refractivity contribution in [1.29, 1.82) is 0 Å². The van der Waals surface area contributed by atoms with Crippen LogP contribution >= 0.6 is 0 Å². The first-order valence-corrected chi connectivity index (χ1v) is 7.81. The van der Waals surface area contributed by atoms with Gasteiger partial charge in [0.05, 0.1) is 5.56 Å². The molecule has 0 aliphatic rings. The molecule has 6 nitrogen and oxygen atoms in total. The predicted octanol–water partition coefficient (Wildman–Crippen LogP) is 2.95. The molecule has 7 heteroatoms. The maximum absolute atomic E-state index is 13.5. The smallest absolute Gasteiger partial charge is 0.325 e. The van der Waals surface area contributed by atoms with Crippen molar-refractivity contribution in [3.05, 3.63) is 77.9 Å². The van der Waals surface area contributed by atoms with Crippen molar-refractivity contribution in [3.63, 3.8) is 0 Å². The van der Waals surface area contributed by atoms with Gasteiger partial charge in [-0.3, -0.25) is 9.59 Å². The number of hydrogen-bond donors (Lipinski definition) is 1. The standard InChI is InChI=1S/C19H15FN2O4/c20-16-9-5-4-8-15(16)18(24)21-10-17(23)25-11-14-12-26-19(22-14)13-6-2-1-3-7-13/h1-9,12H,10-11H2,(H,21,24). The van der Waals surface area contributed by atoms with E-state index in [2.05, 4.69) is 10.3 Å². The summed E-state index contributed by atoms with van der Waals surface area (Å²) in [5.74, 6) is -1.59. The number of carbonyl (C=O) groups excluding carboxylic acids is 2. The highest BCUT2D eigenvalue weighted by Crippen LogP contribution is 2.18. The predicted molar refractivity (Wildman–Crippen MR) is 90.5 cm³/mol. The van der Waals surface area contributed by atoms with Gasteiger partial charge in [0.2, 0.25) is 5.89 Å². The molecule has 0 bridgehead atoms. The van der Waals surface area contributed by atoms with Gasteiger partial charge in [0.15, 0.2) is 0 Å². The fourth-order valence-electron chi connectivity index (χ4n) is 2.19. The molecule has 0 spiro atoms. The lowest BCUT2D eigenvalue weighted by molar-refractivity contribution is -0.143. The Hall–Kier alpha value is -3.48. The zero-order valence-corrected chi connectivity index (χ0v) is 13.6. The highest BCUT2D eigenvalue weighted by atomic mass is 19.1. The lowest BCUT2D eigenvalue weighted by atomic mass is 10.2. The summed E-state index contributed by atoms with van der Waals surface area (Å²) < 4.78 is 23.8. The van der Waals surface area contributed by atoms with Gasteiger partial charge in [-0.25, -0.2) is 9.37 Å². The van der Waals surface area contributed by atoms with Gasteiger partial charge in [0.25, 0.3) is 5.91 Å². The Labute approximate surface area is 148 Å². The number of halogens is 1. The number of carbonyl (C=O) groups is 2. The molecule has 0 saturated carbocycles. The molecular weight excluding hydrogens is 339 g/mol. The van der Waals surface area contributed by atoms with Crippen molar-refractivity contribution in [2.45, 2.75) is 6.61 Å². The van der Waals surface area contributed by atoms with E-state index in [1.54, 1.807) is 0 Å². The van der Waals surface area contributed by atoms with Crippen LogP contribution in [0, 0.1) is 5.82 Å². The van der Waals surface area contributed by atoms with Crippen LogP contribution in [0.25, 0.3) is 11.5 Å². The molecule has 0 unspecified atom stereocenters. The molecule has 1 N–H and O–H groups in total. The maximum Gasteiger partial charge on any atom is 0.325 e. The van der Waals surface area contributed by atoms with E-state index in [-0.39, 0.29) is 18.7 Å². The van der Waals surface area contributed by atoms with E-state index in [0.717, 1.165) is 5.56 Å². The molecule has 1 aromatic heterocycles. The molecule has 0 fully saturated rings. The number of hydrogen-bond acceptors (Lipinski definition) is 5. The lowest BCUT2D eigenvalue weighted by Gasteiger charge is -2.06. The first kappa shape index (κ1) is 17.3. The second kappa shape index (κ2) is 8.06. The Bertz CT molecular complexity index is 909. The second-order valence-electron chi connectivity index (χ2n) is 5.33. The van der Waals surface area contributed by atoms with Gasteiger partial charge >= 0.3 is 5.97 Å². The van der Waals surface area contributed by atoms with Gasteiger partial charge in [-0.2, -0.15) is 0 Å². The van der Waals surface area contributed by atoms with Crippen molar-refractivity contribution in [3.8, 4) is 11.5 Å². The largest absolute Gasteiger partial charge is 0.458 e. The van der Waals surface area contributed by atoms with E-state index < -0.39 is 17.7 Å². The average molecular weight is 354 g/mol. The number of benzene rings is 2. The molecule has 3 aromatic rings. The Morgan fingerprint density at radius 2 is 1.81 bits per heavy atom. The highest BCUT2D eigenvalue weighted by molar-refractivity contribution is 5.96. The number of aromatic nitrogens is 1. The van der Waals surface area contributed by atoms with E-state index in [4.69, 9.17) is 9.15 Å². The molecule has 26 heavy (non-hydrogen) atoms. The van der Waals surface area contributed by atoms with Gasteiger partial charge in [-0.1, -0.05) is 30.3 Å². The molecule has 2 aromatic carbocycles. The van der Waals surface area contributed by atoms with Crippen LogP contribution in [0.2, 0.25) is 0 Å². The highest BCUT2D eigenvalue weighted by Gasteiger charge is 2.13. The molecular formula is C19H15FN2O4.